The molecule has 0 atom stereocenters. The Balaban J connectivity index is 1.97. The molecule has 1 aliphatic heterocycles. The van der Waals surface area contributed by atoms with E-state index in [2.05, 4.69) is 14.6 Å². The zero-order valence-electron chi connectivity index (χ0n) is 12.7. The number of anilines is 2. The van der Waals surface area contributed by atoms with Crippen LogP contribution in [0.5, 0.6) is 0 Å². The minimum absolute atomic E-state index is 0.275. The minimum Gasteiger partial charge on any atom is -0.399 e. The molecule has 3 heterocycles. The molecule has 0 unspecified atom stereocenters. The fourth-order valence-electron chi connectivity index (χ4n) is 3.16. The molecule has 4 N–H and O–H groups in total. The van der Waals surface area contributed by atoms with Crippen LogP contribution in [0.4, 0.5) is 11.6 Å². The normalized spacial score (nSPS) is 13.7. The van der Waals surface area contributed by atoms with E-state index in [0.29, 0.717) is 0 Å². The van der Waals surface area contributed by atoms with Gasteiger partial charge in [-0.05, 0) is 37.5 Å². The van der Waals surface area contributed by atoms with Crippen molar-refractivity contribution in [3.8, 4) is 22.5 Å². The maximum atomic E-state index is 5.95. The maximum absolute atomic E-state index is 5.95. The molecule has 116 valence electrons. The predicted octanol–water partition coefficient (Wildman–Crippen LogP) is 2.51. The number of fused-ring (bicyclic) bond motifs is 1. The van der Waals surface area contributed by atoms with Gasteiger partial charge in [-0.1, -0.05) is 12.1 Å². The Morgan fingerprint density at radius 3 is 2.83 bits per heavy atom. The number of nitrogens with two attached hydrogens (primary N) is 2. The highest BCUT2D eigenvalue weighted by molar-refractivity contribution is 5.82. The first-order valence-corrected chi connectivity index (χ1v) is 7.77. The fourth-order valence-corrected chi connectivity index (χ4v) is 3.16. The molecule has 0 fully saturated rings. The maximum Gasteiger partial charge on any atom is 0.220 e. The summed E-state index contributed by atoms with van der Waals surface area (Å²) in [4.78, 5) is 8.41. The van der Waals surface area contributed by atoms with Gasteiger partial charge in [-0.15, -0.1) is 0 Å². The lowest BCUT2D eigenvalue weighted by molar-refractivity contribution is 0.487. The summed E-state index contributed by atoms with van der Waals surface area (Å²) in [5.41, 5.74) is 17.4. The monoisotopic (exact) mass is 306 g/mol. The van der Waals surface area contributed by atoms with Crippen molar-refractivity contribution in [3.05, 3.63) is 42.2 Å². The van der Waals surface area contributed by atoms with Crippen LogP contribution in [0.15, 0.2) is 36.5 Å². The number of nitrogen functional groups attached to an aromatic ring is 2. The molecule has 4 rings (SSSR count). The van der Waals surface area contributed by atoms with Crippen molar-refractivity contribution in [2.45, 2.75) is 25.8 Å². The summed E-state index contributed by atoms with van der Waals surface area (Å²) in [6.07, 6.45) is 4.99. The second kappa shape index (κ2) is 5.39. The molecule has 6 heteroatoms. The van der Waals surface area contributed by atoms with Crippen molar-refractivity contribution in [2.75, 3.05) is 11.5 Å². The van der Waals surface area contributed by atoms with E-state index in [1.807, 2.05) is 30.3 Å². The molecule has 2 aromatic heterocycles. The van der Waals surface area contributed by atoms with Crippen LogP contribution in [0.25, 0.3) is 22.5 Å². The Bertz CT molecular complexity index is 867. The molecule has 0 saturated carbocycles. The second-order valence-corrected chi connectivity index (χ2v) is 5.78. The number of nitrogens with zero attached hydrogens (tertiary/aromatic N) is 4. The van der Waals surface area contributed by atoms with Gasteiger partial charge in [0.2, 0.25) is 5.95 Å². The van der Waals surface area contributed by atoms with Crippen LogP contribution in [0, 0.1) is 0 Å². The Labute approximate surface area is 134 Å². The van der Waals surface area contributed by atoms with Crippen LogP contribution in [0.1, 0.15) is 18.5 Å². The van der Waals surface area contributed by atoms with E-state index in [4.69, 9.17) is 16.6 Å². The lowest BCUT2D eigenvalue weighted by Gasteiger charge is -2.14. The van der Waals surface area contributed by atoms with Crippen LogP contribution >= 0.6 is 0 Å². The van der Waals surface area contributed by atoms with E-state index in [9.17, 15) is 0 Å². The number of rotatable bonds is 2. The van der Waals surface area contributed by atoms with E-state index >= 15 is 0 Å². The van der Waals surface area contributed by atoms with Crippen LogP contribution in [0.2, 0.25) is 0 Å². The van der Waals surface area contributed by atoms with Crippen molar-refractivity contribution in [3.63, 3.8) is 0 Å². The molecule has 0 aliphatic carbocycles. The van der Waals surface area contributed by atoms with Crippen molar-refractivity contribution >= 4 is 11.6 Å². The van der Waals surface area contributed by atoms with Gasteiger partial charge in [-0.2, -0.15) is 5.10 Å². The van der Waals surface area contributed by atoms with Gasteiger partial charge in [0, 0.05) is 35.2 Å². The molecule has 1 aromatic carbocycles. The number of aromatic nitrogens is 4. The predicted molar refractivity (Wildman–Crippen MR) is 90.5 cm³/mol. The summed E-state index contributed by atoms with van der Waals surface area (Å²) in [6, 6.07) is 9.68. The highest BCUT2D eigenvalue weighted by Crippen LogP contribution is 2.36. The standard InChI is InChI=1S/C17H18N6/c18-12-5-3-4-11(10-12)16-15(13-7-8-20-17(19)21-13)14-6-1-2-9-23(14)22-16/h3-5,7-8,10H,1-2,6,9,18H2,(H2,19,20,21). The van der Waals surface area contributed by atoms with Crippen LogP contribution in [-0.4, -0.2) is 19.7 Å². The smallest absolute Gasteiger partial charge is 0.220 e. The largest absolute Gasteiger partial charge is 0.399 e. The summed E-state index contributed by atoms with van der Waals surface area (Å²) in [5.74, 6) is 0.275. The Hall–Kier alpha value is -2.89. The highest BCUT2D eigenvalue weighted by Gasteiger charge is 2.23. The lowest BCUT2D eigenvalue weighted by Crippen LogP contribution is -2.11. The minimum atomic E-state index is 0.275. The molecule has 0 amide bonds. The van der Waals surface area contributed by atoms with Crippen LogP contribution < -0.4 is 11.5 Å². The molecular weight excluding hydrogens is 288 g/mol. The first-order valence-electron chi connectivity index (χ1n) is 7.77. The number of hydrogen-bond donors (Lipinski definition) is 2. The second-order valence-electron chi connectivity index (χ2n) is 5.78. The lowest BCUT2D eigenvalue weighted by atomic mass is 9.99. The van der Waals surface area contributed by atoms with E-state index in [-0.39, 0.29) is 5.95 Å². The van der Waals surface area contributed by atoms with Gasteiger partial charge in [-0.25, -0.2) is 9.97 Å². The third-order valence-corrected chi connectivity index (χ3v) is 4.18. The van der Waals surface area contributed by atoms with Crippen molar-refractivity contribution in [1.29, 1.82) is 0 Å². The van der Waals surface area contributed by atoms with Crippen molar-refractivity contribution in [1.82, 2.24) is 19.7 Å². The molecule has 23 heavy (non-hydrogen) atoms. The average molecular weight is 306 g/mol. The van der Waals surface area contributed by atoms with E-state index < -0.39 is 0 Å². The quantitative estimate of drug-likeness (QED) is 0.709. The highest BCUT2D eigenvalue weighted by atomic mass is 15.3. The zero-order valence-corrected chi connectivity index (χ0v) is 12.7. The van der Waals surface area contributed by atoms with E-state index in [1.165, 1.54) is 5.69 Å². The average Bonchev–Trinajstić information content (AvgIpc) is 2.94. The summed E-state index contributed by atoms with van der Waals surface area (Å²) in [7, 11) is 0. The Morgan fingerprint density at radius 2 is 2.00 bits per heavy atom. The summed E-state index contributed by atoms with van der Waals surface area (Å²) in [6.45, 7) is 0.936. The third-order valence-electron chi connectivity index (χ3n) is 4.18. The van der Waals surface area contributed by atoms with E-state index in [1.54, 1.807) is 6.20 Å². The summed E-state index contributed by atoms with van der Waals surface area (Å²) >= 11 is 0. The summed E-state index contributed by atoms with van der Waals surface area (Å²) in [5, 5.41) is 4.83. The molecule has 6 nitrogen and oxygen atoms in total. The zero-order chi connectivity index (χ0) is 15.8. The number of benzene rings is 1. The SMILES string of the molecule is Nc1cccc(-c2nn3c(c2-c2ccnc(N)n2)CCCC3)c1. The fraction of sp³-hybridized carbons (Fsp3) is 0.235. The topological polar surface area (TPSA) is 95.6 Å². The molecule has 0 radical (unpaired) electrons. The van der Waals surface area contributed by atoms with Gasteiger partial charge in [0.1, 0.15) is 5.69 Å². The molecule has 3 aromatic rings. The molecule has 0 saturated heterocycles. The van der Waals surface area contributed by atoms with Gasteiger partial charge < -0.3 is 11.5 Å². The molecule has 0 spiro atoms. The van der Waals surface area contributed by atoms with Gasteiger partial charge in [0.05, 0.1) is 5.69 Å². The van der Waals surface area contributed by atoms with Crippen LogP contribution in [-0.2, 0) is 13.0 Å². The van der Waals surface area contributed by atoms with Crippen molar-refractivity contribution in [2.24, 2.45) is 0 Å². The number of aryl methyl sites for hydroxylation is 1. The summed E-state index contributed by atoms with van der Waals surface area (Å²) < 4.78 is 2.09. The van der Waals surface area contributed by atoms with Crippen molar-refractivity contribution < 1.29 is 0 Å². The third kappa shape index (κ3) is 2.42. The van der Waals surface area contributed by atoms with Gasteiger partial charge in [-0.3, -0.25) is 4.68 Å². The van der Waals surface area contributed by atoms with Gasteiger partial charge in [0.25, 0.3) is 0 Å². The molecular formula is C17H18N6. The van der Waals surface area contributed by atoms with E-state index in [0.717, 1.165) is 54.0 Å². The first-order chi connectivity index (χ1) is 11.2. The van der Waals surface area contributed by atoms with Crippen LogP contribution in [0.3, 0.4) is 0 Å². The molecule has 0 bridgehead atoms. The van der Waals surface area contributed by atoms with Gasteiger partial charge in [0.15, 0.2) is 0 Å². The van der Waals surface area contributed by atoms with Gasteiger partial charge >= 0.3 is 0 Å². The first kappa shape index (κ1) is 13.8. The Morgan fingerprint density at radius 1 is 1.09 bits per heavy atom. The molecule has 1 aliphatic rings. The number of hydrogen-bond acceptors (Lipinski definition) is 5. The Kier molecular flexibility index (Phi) is 3.22.